The minimum absolute atomic E-state index is 0.183. The van der Waals surface area contributed by atoms with Crippen LogP contribution in [0.25, 0.3) is 16.9 Å². The number of aromatic carboxylic acids is 1. The molecule has 2 aromatic heterocycles. The Labute approximate surface area is 135 Å². The third-order valence-electron chi connectivity index (χ3n) is 3.10. The number of carboxylic acids is 1. The van der Waals surface area contributed by atoms with Crippen LogP contribution in [-0.2, 0) is 0 Å². The molecule has 0 atom stereocenters. The van der Waals surface area contributed by atoms with Gasteiger partial charge in [0.25, 0.3) is 0 Å². The van der Waals surface area contributed by atoms with Crippen molar-refractivity contribution in [3.8, 4) is 16.9 Å². The summed E-state index contributed by atoms with van der Waals surface area (Å²) in [5.41, 5.74) is 6.62. The predicted octanol–water partition coefficient (Wildman–Crippen LogP) is 3.01. The van der Waals surface area contributed by atoms with Gasteiger partial charge in [0.05, 0.1) is 17.6 Å². The Bertz CT molecular complexity index is 873. The average Bonchev–Trinajstić information content (AvgIpc) is 2.92. The van der Waals surface area contributed by atoms with Crippen LogP contribution in [0.4, 0.5) is 10.2 Å². The standard InChI is InChI=1S/C15H10ClFN4O2/c16-9-3-8(4-10(17)5-9)13-6-12(15(22)23)20-21(13)11-1-2-14(18)19-7-11/h1-7H,(H2,18,19)(H,22,23). The van der Waals surface area contributed by atoms with E-state index < -0.39 is 11.8 Å². The van der Waals surface area contributed by atoms with E-state index in [1.807, 2.05) is 0 Å². The van der Waals surface area contributed by atoms with Gasteiger partial charge in [-0.25, -0.2) is 18.9 Å². The Morgan fingerprint density at radius 3 is 2.65 bits per heavy atom. The highest BCUT2D eigenvalue weighted by Crippen LogP contribution is 2.27. The molecule has 3 aromatic rings. The number of rotatable bonds is 3. The van der Waals surface area contributed by atoms with E-state index >= 15 is 0 Å². The number of carboxylic acid groups (broad SMARTS) is 1. The number of nitrogen functional groups attached to an aromatic ring is 1. The second-order valence-corrected chi connectivity index (χ2v) is 5.17. The van der Waals surface area contributed by atoms with Gasteiger partial charge < -0.3 is 10.8 Å². The van der Waals surface area contributed by atoms with Gasteiger partial charge in [-0.05, 0) is 36.4 Å². The quantitative estimate of drug-likeness (QED) is 0.769. The summed E-state index contributed by atoms with van der Waals surface area (Å²) in [5.74, 6) is -1.42. The number of aromatic nitrogens is 3. The molecule has 0 radical (unpaired) electrons. The van der Waals surface area contributed by atoms with Crippen molar-refractivity contribution in [3.63, 3.8) is 0 Å². The fourth-order valence-electron chi connectivity index (χ4n) is 2.11. The van der Waals surface area contributed by atoms with Crippen molar-refractivity contribution in [1.29, 1.82) is 0 Å². The number of hydrogen-bond acceptors (Lipinski definition) is 4. The Morgan fingerprint density at radius 2 is 2.04 bits per heavy atom. The molecule has 0 bridgehead atoms. The van der Waals surface area contributed by atoms with Crippen LogP contribution in [0.1, 0.15) is 10.5 Å². The van der Waals surface area contributed by atoms with Crippen molar-refractivity contribution in [2.45, 2.75) is 0 Å². The Morgan fingerprint density at radius 1 is 1.26 bits per heavy atom. The third-order valence-corrected chi connectivity index (χ3v) is 3.32. The third kappa shape index (κ3) is 3.00. The van der Waals surface area contributed by atoms with Crippen molar-refractivity contribution >= 4 is 23.4 Å². The molecule has 0 aliphatic heterocycles. The number of pyridine rings is 1. The highest BCUT2D eigenvalue weighted by atomic mass is 35.5. The van der Waals surface area contributed by atoms with Gasteiger partial charge in [0.1, 0.15) is 11.6 Å². The molecule has 23 heavy (non-hydrogen) atoms. The molecule has 116 valence electrons. The zero-order valence-corrected chi connectivity index (χ0v) is 12.3. The molecule has 3 rings (SSSR count). The molecule has 0 unspecified atom stereocenters. The summed E-state index contributed by atoms with van der Waals surface area (Å²) in [5, 5.41) is 13.4. The number of carbonyl (C=O) groups is 1. The number of benzene rings is 1. The zero-order chi connectivity index (χ0) is 16.6. The van der Waals surface area contributed by atoms with Gasteiger partial charge >= 0.3 is 5.97 Å². The number of nitrogens with two attached hydrogens (primary N) is 1. The molecular weight excluding hydrogens is 323 g/mol. The monoisotopic (exact) mass is 332 g/mol. The smallest absolute Gasteiger partial charge is 0.356 e. The fraction of sp³-hybridized carbons (Fsp3) is 0. The van der Waals surface area contributed by atoms with E-state index in [9.17, 15) is 9.18 Å². The van der Waals surface area contributed by atoms with Gasteiger partial charge in [0.2, 0.25) is 0 Å². The number of nitrogens with zero attached hydrogens (tertiary/aromatic N) is 3. The van der Waals surface area contributed by atoms with Gasteiger partial charge in [0.15, 0.2) is 5.69 Å². The van der Waals surface area contributed by atoms with Crippen molar-refractivity contribution in [2.24, 2.45) is 0 Å². The molecule has 8 heteroatoms. The van der Waals surface area contributed by atoms with Gasteiger partial charge in [-0.3, -0.25) is 0 Å². The van der Waals surface area contributed by atoms with Crippen molar-refractivity contribution in [3.05, 3.63) is 59.1 Å². The normalized spacial score (nSPS) is 10.7. The average molecular weight is 333 g/mol. The van der Waals surface area contributed by atoms with E-state index in [1.54, 1.807) is 12.1 Å². The number of halogens is 2. The maximum atomic E-state index is 13.6. The van der Waals surface area contributed by atoms with E-state index in [-0.39, 0.29) is 10.7 Å². The Balaban J connectivity index is 2.22. The van der Waals surface area contributed by atoms with Gasteiger partial charge in [-0.2, -0.15) is 5.10 Å². The number of hydrogen-bond donors (Lipinski definition) is 2. The summed E-state index contributed by atoms with van der Waals surface area (Å²) < 4.78 is 15.0. The van der Waals surface area contributed by atoms with Crippen molar-refractivity contribution in [2.75, 3.05) is 5.73 Å². The number of anilines is 1. The minimum Gasteiger partial charge on any atom is -0.476 e. The summed E-state index contributed by atoms with van der Waals surface area (Å²) in [6.45, 7) is 0. The summed E-state index contributed by atoms with van der Waals surface area (Å²) >= 11 is 5.87. The fourth-order valence-corrected chi connectivity index (χ4v) is 2.33. The Kier molecular flexibility index (Phi) is 3.71. The summed E-state index contributed by atoms with van der Waals surface area (Å²) in [7, 11) is 0. The zero-order valence-electron chi connectivity index (χ0n) is 11.6. The maximum absolute atomic E-state index is 13.6. The SMILES string of the molecule is Nc1ccc(-n2nc(C(=O)O)cc2-c2cc(F)cc(Cl)c2)cn1. The van der Waals surface area contributed by atoms with E-state index in [4.69, 9.17) is 22.4 Å². The first-order valence-electron chi connectivity index (χ1n) is 6.46. The molecule has 0 amide bonds. The molecule has 2 heterocycles. The minimum atomic E-state index is -1.20. The molecule has 0 saturated heterocycles. The molecule has 0 aliphatic carbocycles. The largest absolute Gasteiger partial charge is 0.476 e. The summed E-state index contributed by atoms with van der Waals surface area (Å²) in [6.07, 6.45) is 1.44. The van der Waals surface area contributed by atoms with Crippen LogP contribution < -0.4 is 5.73 Å². The molecular formula is C15H10ClFN4O2. The molecule has 3 N–H and O–H groups in total. The highest BCUT2D eigenvalue weighted by molar-refractivity contribution is 6.30. The van der Waals surface area contributed by atoms with Crippen LogP contribution in [0.15, 0.2) is 42.6 Å². The Hall–Kier alpha value is -2.93. The molecule has 1 aromatic carbocycles. The molecule has 0 aliphatic rings. The summed E-state index contributed by atoms with van der Waals surface area (Å²) in [4.78, 5) is 15.2. The second-order valence-electron chi connectivity index (χ2n) is 4.73. The van der Waals surface area contributed by atoms with Crippen LogP contribution in [0.5, 0.6) is 0 Å². The van der Waals surface area contributed by atoms with Gasteiger partial charge in [-0.15, -0.1) is 0 Å². The van der Waals surface area contributed by atoms with Gasteiger partial charge in [0, 0.05) is 10.6 Å². The predicted molar refractivity (Wildman–Crippen MR) is 83.1 cm³/mol. The van der Waals surface area contributed by atoms with Gasteiger partial charge in [-0.1, -0.05) is 11.6 Å². The van der Waals surface area contributed by atoms with Crippen LogP contribution in [-0.4, -0.2) is 25.8 Å². The van der Waals surface area contributed by atoms with Crippen molar-refractivity contribution < 1.29 is 14.3 Å². The van der Waals surface area contributed by atoms with Crippen LogP contribution in [0.3, 0.4) is 0 Å². The lowest BCUT2D eigenvalue weighted by molar-refractivity contribution is 0.0690. The lowest BCUT2D eigenvalue weighted by Crippen LogP contribution is -2.03. The topological polar surface area (TPSA) is 94.0 Å². The molecule has 6 nitrogen and oxygen atoms in total. The van der Waals surface area contributed by atoms with Crippen molar-refractivity contribution in [1.82, 2.24) is 14.8 Å². The summed E-state index contributed by atoms with van der Waals surface area (Å²) in [6, 6.07) is 8.45. The van der Waals surface area contributed by atoms with E-state index in [1.165, 1.54) is 29.1 Å². The molecule has 0 spiro atoms. The first-order valence-corrected chi connectivity index (χ1v) is 6.83. The van der Waals surface area contributed by atoms with Crippen LogP contribution in [0, 0.1) is 5.82 Å². The first kappa shape index (κ1) is 15.0. The first-order chi connectivity index (χ1) is 10.9. The second kappa shape index (κ2) is 5.69. The van der Waals surface area contributed by atoms with Crippen LogP contribution in [0.2, 0.25) is 5.02 Å². The maximum Gasteiger partial charge on any atom is 0.356 e. The van der Waals surface area contributed by atoms with E-state index in [0.717, 1.165) is 6.07 Å². The lowest BCUT2D eigenvalue weighted by Gasteiger charge is -2.08. The van der Waals surface area contributed by atoms with E-state index in [0.29, 0.717) is 22.8 Å². The van der Waals surface area contributed by atoms with E-state index in [2.05, 4.69) is 10.1 Å². The molecule has 0 saturated carbocycles. The molecule has 0 fully saturated rings. The highest BCUT2D eigenvalue weighted by Gasteiger charge is 2.17. The van der Waals surface area contributed by atoms with Crippen LogP contribution >= 0.6 is 11.6 Å². The lowest BCUT2D eigenvalue weighted by atomic mass is 10.1.